The van der Waals surface area contributed by atoms with E-state index in [0.717, 1.165) is 35.7 Å². The second-order valence-electron chi connectivity index (χ2n) is 6.93. The molecule has 0 unspecified atom stereocenters. The Kier molecular flexibility index (Phi) is 6.47. The molecule has 160 valence electrons. The van der Waals surface area contributed by atoms with Gasteiger partial charge in [0.25, 0.3) is 10.0 Å². The zero-order chi connectivity index (χ0) is 21.9. The van der Waals surface area contributed by atoms with Gasteiger partial charge in [-0.1, -0.05) is 13.0 Å². The lowest BCUT2D eigenvalue weighted by molar-refractivity contribution is 0.0697. The number of carbonyl (C=O) groups is 1. The van der Waals surface area contributed by atoms with Gasteiger partial charge in [-0.3, -0.25) is 9.40 Å². The van der Waals surface area contributed by atoms with Crippen molar-refractivity contribution >= 4 is 38.7 Å². The molecule has 10 heteroatoms. The topological polar surface area (TPSA) is 105 Å². The molecule has 0 aliphatic heterocycles. The van der Waals surface area contributed by atoms with E-state index in [1.165, 1.54) is 12.1 Å². The number of aromatic carboxylic acids is 1. The van der Waals surface area contributed by atoms with Gasteiger partial charge >= 0.3 is 5.97 Å². The Morgan fingerprint density at radius 3 is 2.70 bits per heavy atom. The lowest BCUT2D eigenvalue weighted by Crippen LogP contribution is -2.22. The fraction of sp³-hybridized carbons (Fsp3) is 0.300. The molecule has 0 bridgehead atoms. The third-order valence-electron chi connectivity index (χ3n) is 4.47. The summed E-state index contributed by atoms with van der Waals surface area (Å²) in [5.41, 5.74) is 2.59. The van der Waals surface area contributed by atoms with Crippen LogP contribution in [0.3, 0.4) is 0 Å². The molecule has 0 amide bonds. The first-order valence-electron chi connectivity index (χ1n) is 9.39. The molecule has 0 aliphatic carbocycles. The molecule has 0 spiro atoms. The number of hydrogen-bond acceptors (Lipinski definition) is 6. The van der Waals surface area contributed by atoms with E-state index < -0.39 is 16.0 Å². The molecular formula is C20H24N4O4S2. The van der Waals surface area contributed by atoms with Crippen LogP contribution < -0.4 is 9.62 Å². The molecule has 0 radical (unpaired) electrons. The Hall–Kier alpha value is -2.85. The Morgan fingerprint density at radius 1 is 1.30 bits per heavy atom. The minimum Gasteiger partial charge on any atom is -0.478 e. The maximum atomic E-state index is 12.4. The molecule has 1 aromatic carbocycles. The van der Waals surface area contributed by atoms with Crippen LogP contribution in [0.15, 0.2) is 46.0 Å². The molecule has 2 heterocycles. The lowest BCUT2D eigenvalue weighted by Gasteiger charge is -2.22. The first kappa shape index (κ1) is 21.8. The van der Waals surface area contributed by atoms with Gasteiger partial charge in [0.05, 0.1) is 29.2 Å². The zero-order valence-corrected chi connectivity index (χ0v) is 18.6. The number of sulfonamides is 1. The molecule has 3 aromatic rings. The van der Waals surface area contributed by atoms with Gasteiger partial charge in [-0.25, -0.2) is 13.2 Å². The number of anilines is 2. The van der Waals surface area contributed by atoms with Crippen molar-refractivity contribution in [2.45, 2.75) is 37.6 Å². The van der Waals surface area contributed by atoms with Gasteiger partial charge in [-0.2, -0.15) is 5.10 Å². The lowest BCUT2D eigenvalue weighted by atomic mass is 10.1. The van der Waals surface area contributed by atoms with E-state index in [9.17, 15) is 18.3 Å². The van der Waals surface area contributed by atoms with E-state index in [4.69, 9.17) is 0 Å². The number of nitrogens with zero attached hydrogens (tertiary/aromatic N) is 3. The van der Waals surface area contributed by atoms with Gasteiger partial charge in [-0.15, -0.1) is 11.3 Å². The van der Waals surface area contributed by atoms with Crippen LogP contribution in [0, 0.1) is 6.92 Å². The number of nitrogens with one attached hydrogen (secondary N) is 1. The minimum atomic E-state index is -3.75. The largest absolute Gasteiger partial charge is 0.478 e. The molecule has 2 N–H and O–H groups in total. The Labute approximate surface area is 179 Å². The van der Waals surface area contributed by atoms with Crippen molar-refractivity contribution in [3.63, 3.8) is 0 Å². The summed E-state index contributed by atoms with van der Waals surface area (Å²) in [5, 5.41) is 15.9. The van der Waals surface area contributed by atoms with Crippen molar-refractivity contribution in [1.29, 1.82) is 0 Å². The Bertz CT molecular complexity index is 1140. The predicted octanol–water partition coefficient (Wildman–Crippen LogP) is 3.80. The van der Waals surface area contributed by atoms with E-state index in [1.807, 2.05) is 22.6 Å². The highest BCUT2D eigenvalue weighted by atomic mass is 32.2. The maximum Gasteiger partial charge on any atom is 0.337 e. The van der Waals surface area contributed by atoms with Crippen LogP contribution in [-0.2, 0) is 23.1 Å². The molecule has 8 nitrogen and oxygen atoms in total. The van der Waals surface area contributed by atoms with Gasteiger partial charge in [0.1, 0.15) is 4.21 Å². The van der Waals surface area contributed by atoms with Crippen molar-refractivity contribution in [2.24, 2.45) is 0 Å². The van der Waals surface area contributed by atoms with Crippen molar-refractivity contribution in [1.82, 2.24) is 9.78 Å². The fourth-order valence-corrected chi connectivity index (χ4v) is 5.23. The summed E-state index contributed by atoms with van der Waals surface area (Å²) >= 11 is 1.09. The molecule has 0 atom stereocenters. The average Bonchev–Trinajstić information content (AvgIpc) is 3.32. The number of aryl methyl sites for hydroxylation is 2. The van der Waals surface area contributed by atoms with Crippen molar-refractivity contribution < 1.29 is 18.3 Å². The number of carboxylic acids is 1. The SMILES string of the molecule is CCCn1nc(C)cc1CN(C)c1ccc(NS(=O)(=O)c2cccs2)cc1C(=O)O. The van der Waals surface area contributed by atoms with E-state index in [1.54, 1.807) is 30.6 Å². The summed E-state index contributed by atoms with van der Waals surface area (Å²) in [5.74, 6) is -1.13. The normalized spacial score (nSPS) is 11.4. The van der Waals surface area contributed by atoms with Crippen LogP contribution in [0.4, 0.5) is 11.4 Å². The highest BCUT2D eigenvalue weighted by Gasteiger charge is 2.20. The summed E-state index contributed by atoms with van der Waals surface area (Å²) in [6.45, 7) is 5.25. The molecule has 0 aliphatic rings. The molecular weight excluding hydrogens is 424 g/mol. The van der Waals surface area contributed by atoms with E-state index in [2.05, 4.69) is 16.7 Å². The summed E-state index contributed by atoms with van der Waals surface area (Å²) in [4.78, 5) is 13.7. The van der Waals surface area contributed by atoms with E-state index in [-0.39, 0.29) is 15.5 Å². The number of rotatable bonds is 9. The Balaban J connectivity index is 1.88. The monoisotopic (exact) mass is 448 g/mol. The van der Waals surface area contributed by atoms with Crippen LogP contribution in [-0.4, -0.2) is 36.3 Å². The summed E-state index contributed by atoms with van der Waals surface area (Å²) in [6, 6.07) is 9.64. The van der Waals surface area contributed by atoms with Crippen molar-refractivity contribution in [3.05, 3.63) is 58.7 Å². The van der Waals surface area contributed by atoms with Gasteiger partial charge in [0.2, 0.25) is 0 Å². The van der Waals surface area contributed by atoms with Crippen LogP contribution in [0.5, 0.6) is 0 Å². The van der Waals surface area contributed by atoms with Gasteiger partial charge in [0.15, 0.2) is 0 Å². The number of benzene rings is 1. The van der Waals surface area contributed by atoms with Gasteiger partial charge in [-0.05, 0) is 49.1 Å². The second kappa shape index (κ2) is 8.88. The van der Waals surface area contributed by atoms with Gasteiger partial charge < -0.3 is 10.0 Å². The van der Waals surface area contributed by atoms with Crippen LogP contribution in [0.25, 0.3) is 0 Å². The molecule has 3 rings (SSSR count). The minimum absolute atomic E-state index is 0.0159. The predicted molar refractivity (Wildman–Crippen MR) is 118 cm³/mol. The molecule has 0 saturated heterocycles. The number of aromatic nitrogens is 2. The van der Waals surface area contributed by atoms with Crippen LogP contribution >= 0.6 is 11.3 Å². The highest BCUT2D eigenvalue weighted by molar-refractivity contribution is 7.94. The summed E-state index contributed by atoms with van der Waals surface area (Å²) in [6.07, 6.45) is 0.942. The number of thiophene rings is 1. The average molecular weight is 449 g/mol. The standard InChI is InChI=1S/C20H24N4O4S2/c1-4-9-24-16(11-14(2)21-24)13-23(3)18-8-7-15(12-17(18)20(25)26)22-30(27,28)19-6-5-10-29-19/h5-8,10-12,22H,4,9,13H2,1-3H3,(H,25,26). The van der Waals surface area contributed by atoms with Crippen molar-refractivity contribution in [2.75, 3.05) is 16.7 Å². The van der Waals surface area contributed by atoms with Crippen LogP contribution in [0.2, 0.25) is 0 Å². The molecule has 30 heavy (non-hydrogen) atoms. The fourth-order valence-electron chi connectivity index (χ4n) is 3.19. The maximum absolute atomic E-state index is 12.4. The van der Waals surface area contributed by atoms with E-state index >= 15 is 0 Å². The molecule has 0 fully saturated rings. The number of carboxylic acid groups (broad SMARTS) is 1. The van der Waals surface area contributed by atoms with Crippen LogP contribution in [0.1, 0.15) is 35.1 Å². The van der Waals surface area contributed by atoms with E-state index in [0.29, 0.717) is 12.2 Å². The third-order valence-corrected chi connectivity index (χ3v) is 7.25. The quantitative estimate of drug-likeness (QED) is 0.516. The highest BCUT2D eigenvalue weighted by Crippen LogP contribution is 2.27. The third kappa shape index (κ3) is 4.82. The van der Waals surface area contributed by atoms with Crippen molar-refractivity contribution in [3.8, 4) is 0 Å². The number of hydrogen-bond donors (Lipinski definition) is 2. The zero-order valence-electron chi connectivity index (χ0n) is 17.0. The molecule has 2 aromatic heterocycles. The van der Waals surface area contributed by atoms with Gasteiger partial charge in [0, 0.05) is 19.3 Å². The summed E-state index contributed by atoms with van der Waals surface area (Å²) < 4.78 is 29.4. The smallest absolute Gasteiger partial charge is 0.337 e. The first-order chi connectivity index (χ1) is 14.2. The second-order valence-corrected chi connectivity index (χ2v) is 9.79. The first-order valence-corrected chi connectivity index (χ1v) is 11.8. The Morgan fingerprint density at radius 2 is 2.07 bits per heavy atom. The summed E-state index contributed by atoms with van der Waals surface area (Å²) in [7, 11) is -1.95. The molecule has 0 saturated carbocycles.